The molecular weight excluding hydrogens is 462 g/mol. The topological polar surface area (TPSA) is 51.1 Å². The summed E-state index contributed by atoms with van der Waals surface area (Å²) in [6.07, 6.45) is 11.1. The van der Waals surface area contributed by atoms with Gasteiger partial charge < -0.3 is 0 Å². The van der Waals surface area contributed by atoms with Crippen molar-refractivity contribution in [3.8, 4) is 0 Å². The lowest BCUT2D eigenvalue weighted by Crippen LogP contribution is -2.70. The quantitative estimate of drug-likeness (QED) is 0.222. The third kappa shape index (κ3) is 2.77. The first-order valence-electron chi connectivity index (χ1n) is 14.0. The number of fused-ring (bicyclic) bond motifs is 8. The first kappa shape index (κ1) is 26.0. The Hall–Kier alpha value is 0.390. The summed E-state index contributed by atoms with van der Waals surface area (Å²) in [7, 11) is -0.290. The summed E-state index contributed by atoms with van der Waals surface area (Å²) in [5.74, 6) is 4.19. The molecule has 1 saturated heterocycles. The third-order valence-electron chi connectivity index (χ3n) is 13.7. The van der Waals surface area contributed by atoms with Crippen LogP contribution in [0.4, 0.5) is 0 Å². The van der Waals surface area contributed by atoms with Crippen LogP contribution in [0.25, 0.3) is 0 Å². The van der Waals surface area contributed by atoms with Crippen molar-refractivity contribution in [3.05, 3.63) is 0 Å². The molecule has 0 aromatic heterocycles. The Morgan fingerprint density at radius 2 is 1.38 bits per heavy atom. The van der Waals surface area contributed by atoms with Gasteiger partial charge in [-0.25, -0.2) is 0 Å². The number of halogens is 1. The molecule has 6 aliphatic rings. The van der Waals surface area contributed by atoms with E-state index in [1.807, 2.05) is 0 Å². The maximum absolute atomic E-state index is 6.75. The molecule has 4 aliphatic carbocycles. The Kier molecular flexibility index (Phi) is 5.73. The highest BCUT2D eigenvalue weighted by Crippen LogP contribution is 2.79. The molecule has 2 N–H and O–H groups in total. The monoisotopic (exact) mass is 511 g/mol. The van der Waals surface area contributed by atoms with Crippen LogP contribution in [0.15, 0.2) is 0 Å². The van der Waals surface area contributed by atoms with Crippen molar-refractivity contribution in [1.29, 1.82) is 0 Å². The molecule has 0 aromatic rings. The van der Waals surface area contributed by atoms with Gasteiger partial charge in [-0.05, 0) is 117 Å². The predicted molar refractivity (Wildman–Crippen MR) is 146 cm³/mol. The normalized spacial score (nSPS) is 56.4. The summed E-state index contributed by atoms with van der Waals surface area (Å²) in [4.78, 5) is 11.9. The second-order valence-electron chi connectivity index (χ2n) is 14.9. The summed E-state index contributed by atoms with van der Waals surface area (Å²) in [5.41, 5.74) is 1.28. The van der Waals surface area contributed by atoms with Gasteiger partial charge in [0.25, 0.3) is 5.79 Å². The van der Waals surface area contributed by atoms with Gasteiger partial charge in [-0.15, -0.1) is 23.1 Å². The van der Waals surface area contributed by atoms with Crippen molar-refractivity contribution in [2.24, 2.45) is 62.3 Å². The first-order valence-corrected chi connectivity index (χ1v) is 15.3. The van der Waals surface area contributed by atoms with Crippen LogP contribution in [-0.4, -0.2) is 15.9 Å². The smallest absolute Gasteiger partial charge is 0.264 e. The van der Waals surface area contributed by atoms with Crippen molar-refractivity contribution >= 4 is 28.4 Å². The Balaban J connectivity index is 0.00000241. The molecule has 0 amide bonds. The predicted octanol–water partition coefficient (Wildman–Crippen LogP) is 7.74. The molecular formula is C29H50ClNO2S. The van der Waals surface area contributed by atoms with E-state index in [4.69, 9.17) is 14.9 Å². The summed E-state index contributed by atoms with van der Waals surface area (Å²) >= 11 is 0. The van der Waals surface area contributed by atoms with E-state index in [1.54, 1.807) is 0 Å². The molecule has 5 fully saturated rings. The lowest BCUT2D eigenvalue weighted by atomic mass is 9.33. The zero-order valence-corrected chi connectivity index (χ0v) is 24.5. The second-order valence-corrected chi connectivity index (χ2v) is 16.9. The first-order chi connectivity index (χ1) is 15.3. The van der Waals surface area contributed by atoms with E-state index in [1.165, 1.54) is 51.4 Å². The van der Waals surface area contributed by atoms with Gasteiger partial charge in [-0.3, -0.25) is 5.14 Å². The molecule has 10 atom stereocenters. The molecule has 6 rings (SSSR count). The van der Waals surface area contributed by atoms with Gasteiger partial charge >= 0.3 is 0 Å². The average molecular weight is 512 g/mol. The van der Waals surface area contributed by atoms with Crippen LogP contribution in [0, 0.1) is 57.2 Å². The van der Waals surface area contributed by atoms with E-state index >= 15 is 0 Å². The van der Waals surface area contributed by atoms with Crippen molar-refractivity contribution in [3.63, 3.8) is 0 Å². The number of hydrogen-bond donors (Lipinski definition) is 1. The summed E-state index contributed by atoms with van der Waals surface area (Å²) in [5, 5.41) is 9.02. The Morgan fingerprint density at radius 3 is 2.00 bits per heavy atom. The molecule has 2 unspecified atom stereocenters. The maximum Gasteiger partial charge on any atom is 0.264 e. The Morgan fingerprint density at radius 1 is 0.794 bits per heavy atom. The van der Waals surface area contributed by atoms with E-state index in [2.05, 4.69) is 60.8 Å². The summed E-state index contributed by atoms with van der Waals surface area (Å²) in [6, 6.07) is 0. The molecule has 2 heterocycles. The SMILES string of the molecule is CC(C)[C@H]1CC[C@]2(C)[C@H]3CC[C@@H]4[C@]5(C)C(CC[C@@]4(C)[C@]3(C)CC[C@@H]12)C(C)(C)S(N)=CC51OO1.Cl. The molecule has 2 aliphatic heterocycles. The highest BCUT2D eigenvalue weighted by molar-refractivity contribution is 8.14. The highest BCUT2D eigenvalue weighted by atomic mass is 35.5. The van der Waals surface area contributed by atoms with E-state index in [9.17, 15) is 0 Å². The lowest BCUT2D eigenvalue weighted by Gasteiger charge is -2.72. The minimum absolute atomic E-state index is 0. The molecule has 0 aromatic carbocycles. The standard InChI is InChI=1S/C29H49NO2S.ClH/c1-18(2)19-11-14-25(5)20(19)12-15-26(6)22(25)9-10-23-27(26,7)16-13-21-24(3,4)33(30)17-29(31-32-29)28(21,23)8;/h17-23H,9-16,30H2,1-8H3;1H/t19-,20+,21?,22-,23+,25+,26-,27-,28+,33?;/m1./s1. The summed E-state index contributed by atoms with van der Waals surface area (Å²) < 4.78 is 0.105. The van der Waals surface area contributed by atoms with Gasteiger partial charge in [0.2, 0.25) is 0 Å². The Labute approximate surface area is 217 Å². The van der Waals surface area contributed by atoms with Crippen LogP contribution in [-0.2, 0) is 9.78 Å². The molecule has 196 valence electrons. The average Bonchev–Trinajstić information content (AvgIpc) is 3.42. The van der Waals surface area contributed by atoms with E-state index in [0.717, 1.165) is 23.7 Å². The van der Waals surface area contributed by atoms with E-state index in [-0.39, 0.29) is 33.2 Å². The van der Waals surface area contributed by atoms with Gasteiger partial charge in [0.15, 0.2) is 0 Å². The maximum atomic E-state index is 6.75. The third-order valence-corrected chi connectivity index (χ3v) is 15.8. The second kappa shape index (κ2) is 7.49. The number of hydrogen-bond acceptors (Lipinski definition) is 3. The van der Waals surface area contributed by atoms with Crippen LogP contribution in [0.1, 0.15) is 107 Å². The Bertz CT molecular complexity index is 901. The van der Waals surface area contributed by atoms with E-state index in [0.29, 0.717) is 28.1 Å². The van der Waals surface area contributed by atoms with Crippen LogP contribution in [0.3, 0.4) is 0 Å². The van der Waals surface area contributed by atoms with Crippen molar-refractivity contribution < 1.29 is 9.78 Å². The molecule has 0 radical (unpaired) electrons. The number of rotatable bonds is 1. The van der Waals surface area contributed by atoms with Crippen LogP contribution < -0.4 is 5.14 Å². The minimum Gasteiger partial charge on any atom is -0.283 e. The molecule has 1 spiro atoms. The van der Waals surface area contributed by atoms with Gasteiger partial charge in [-0.1, -0.05) is 41.5 Å². The van der Waals surface area contributed by atoms with Gasteiger partial charge in [-0.2, -0.15) is 9.78 Å². The minimum atomic E-state index is -0.544. The van der Waals surface area contributed by atoms with Gasteiger partial charge in [0.1, 0.15) is 0 Å². The van der Waals surface area contributed by atoms with Crippen LogP contribution in [0.2, 0.25) is 0 Å². The van der Waals surface area contributed by atoms with Crippen LogP contribution >= 0.6 is 23.1 Å². The number of nitrogens with two attached hydrogens (primary N) is 1. The van der Waals surface area contributed by atoms with Crippen molar-refractivity contribution in [1.82, 2.24) is 0 Å². The fourth-order valence-corrected chi connectivity index (χ4v) is 13.4. The van der Waals surface area contributed by atoms with Gasteiger partial charge in [0, 0.05) is 15.5 Å². The van der Waals surface area contributed by atoms with Crippen LogP contribution in [0.5, 0.6) is 0 Å². The van der Waals surface area contributed by atoms with Crippen molar-refractivity contribution in [2.45, 2.75) is 117 Å². The molecule has 4 saturated carbocycles. The van der Waals surface area contributed by atoms with E-state index < -0.39 is 5.79 Å². The van der Waals surface area contributed by atoms with Gasteiger partial charge in [0.05, 0.1) is 0 Å². The molecule has 34 heavy (non-hydrogen) atoms. The fraction of sp³-hybridized carbons (Fsp3) is 0.966. The largest absolute Gasteiger partial charge is 0.283 e. The zero-order chi connectivity index (χ0) is 23.8. The summed E-state index contributed by atoms with van der Waals surface area (Å²) in [6.45, 7) is 20.5. The lowest BCUT2D eigenvalue weighted by molar-refractivity contribution is -0.235. The fourth-order valence-electron chi connectivity index (χ4n) is 11.7. The highest BCUT2D eigenvalue weighted by Gasteiger charge is 2.78. The molecule has 5 heteroatoms. The zero-order valence-electron chi connectivity index (χ0n) is 22.9. The molecule has 3 nitrogen and oxygen atoms in total. The molecule has 0 bridgehead atoms. The van der Waals surface area contributed by atoms with Crippen molar-refractivity contribution in [2.75, 3.05) is 0 Å².